The lowest BCUT2D eigenvalue weighted by Crippen LogP contribution is -2.45. The molecule has 0 spiro atoms. The summed E-state index contributed by atoms with van der Waals surface area (Å²) in [6, 6.07) is 10.8. The van der Waals surface area contributed by atoms with Gasteiger partial charge in [0, 0.05) is 29.4 Å². The molecule has 1 aliphatic rings. The van der Waals surface area contributed by atoms with Gasteiger partial charge in [-0.3, -0.25) is 9.78 Å². The molecule has 2 atom stereocenters. The first kappa shape index (κ1) is 20.0. The smallest absolute Gasteiger partial charge is 0.252 e. The number of benzene rings is 1. The summed E-state index contributed by atoms with van der Waals surface area (Å²) >= 11 is 0. The minimum atomic E-state index is -0.750. The van der Waals surface area contributed by atoms with Crippen molar-refractivity contribution in [3.05, 3.63) is 54.0 Å². The summed E-state index contributed by atoms with van der Waals surface area (Å²) in [5.74, 6) is -1.04. The van der Waals surface area contributed by atoms with Gasteiger partial charge < -0.3 is 21.7 Å². The highest BCUT2D eigenvalue weighted by atomic mass is 19.1. The van der Waals surface area contributed by atoms with Gasteiger partial charge in [0.1, 0.15) is 5.82 Å². The number of hydrogen-bond donors (Lipinski definition) is 4. The van der Waals surface area contributed by atoms with Crippen LogP contribution in [-0.4, -0.2) is 35.0 Å². The number of nitrogens with two attached hydrogens (primary N) is 1. The third kappa shape index (κ3) is 4.04. The number of amides is 1. The van der Waals surface area contributed by atoms with Crippen molar-refractivity contribution in [2.24, 2.45) is 5.73 Å². The predicted molar refractivity (Wildman–Crippen MR) is 116 cm³/mol. The fourth-order valence-electron chi connectivity index (χ4n) is 4.04. The van der Waals surface area contributed by atoms with E-state index < -0.39 is 11.7 Å². The van der Waals surface area contributed by atoms with Gasteiger partial charge in [0.15, 0.2) is 11.6 Å². The number of likely N-dealkylation sites (N-methyl/N-ethyl adjacent to an activating group) is 1. The monoisotopic (exact) mass is 408 g/mol. The summed E-state index contributed by atoms with van der Waals surface area (Å²) in [5, 5.41) is 10.5. The number of nitrogens with one attached hydrogen (secondary N) is 3. The van der Waals surface area contributed by atoms with E-state index >= 15 is 0 Å². The lowest BCUT2D eigenvalue weighted by molar-refractivity contribution is 0.100. The molecule has 1 aromatic carbocycles. The molecule has 1 amide bonds. The molecule has 156 valence electrons. The number of primary amides is 1. The number of fused-ring (bicyclic) bond motifs is 1. The second kappa shape index (κ2) is 8.62. The molecule has 0 unspecified atom stereocenters. The molecule has 2 heterocycles. The molecule has 1 aliphatic carbocycles. The van der Waals surface area contributed by atoms with Crippen LogP contribution in [0, 0.1) is 5.82 Å². The third-order valence-corrected chi connectivity index (χ3v) is 5.60. The predicted octanol–water partition coefficient (Wildman–Crippen LogP) is 3.55. The first-order valence-electron chi connectivity index (χ1n) is 10.1. The second-order valence-electron chi connectivity index (χ2n) is 7.51. The zero-order chi connectivity index (χ0) is 21.1. The molecule has 2 aromatic heterocycles. The van der Waals surface area contributed by atoms with Crippen LogP contribution in [0.3, 0.4) is 0 Å². The molecule has 7 nitrogen and oxygen atoms in total. The van der Waals surface area contributed by atoms with Crippen LogP contribution in [-0.2, 0) is 0 Å². The van der Waals surface area contributed by atoms with E-state index in [2.05, 4.69) is 25.9 Å². The number of nitrogens with zero attached hydrogens (tertiary/aromatic N) is 2. The number of rotatable bonds is 6. The summed E-state index contributed by atoms with van der Waals surface area (Å²) in [6.07, 6.45) is 5.86. The zero-order valence-corrected chi connectivity index (χ0v) is 16.8. The van der Waals surface area contributed by atoms with Crippen LogP contribution >= 0.6 is 0 Å². The molecule has 3 aromatic rings. The molecule has 0 bridgehead atoms. The molecule has 0 aliphatic heterocycles. The number of pyridine rings is 2. The Hall–Kier alpha value is -3.26. The summed E-state index contributed by atoms with van der Waals surface area (Å²) in [7, 11) is 1.91. The van der Waals surface area contributed by atoms with Crippen molar-refractivity contribution in [3.8, 4) is 0 Å². The summed E-state index contributed by atoms with van der Waals surface area (Å²) in [6.45, 7) is 0. The maximum atomic E-state index is 14.8. The van der Waals surface area contributed by atoms with E-state index in [-0.39, 0.29) is 29.3 Å². The van der Waals surface area contributed by atoms with Gasteiger partial charge in [-0.25, -0.2) is 9.37 Å². The Morgan fingerprint density at radius 3 is 2.70 bits per heavy atom. The molecular formula is C22H25FN6O. The lowest BCUT2D eigenvalue weighted by atomic mass is 9.90. The maximum absolute atomic E-state index is 14.8. The first-order chi connectivity index (χ1) is 14.6. The lowest BCUT2D eigenvalue weighted by Gasteiger charge is -2.32. The number of halogens is 1. The van der Waals surface area contributed by atoms with E-state index in [4.69, 9.17) is 5.73 Å². The normalized spacial score (nSPS) is 18.9. The van der Waals surface area contributed by atoms with Gasteiger partial charge in [-0.15, -0.1) is 0 Å². The number of hydrogen-bond acceptors (Lipinski definition) is 6. The van der Waals surface area contributed by atoms with Crippen molar-refractivity contribution in [2.45, 2.75) is 37.8 Å². The van der Waals surface area contributed by atoms with Crippen molar-refractivity contribution in [1.82, 2.24) is 15.3 Å². The average molecular weight is 408 g/mol. The second-order valence-corrected chi connectivity index (χ2v) is 7.51. The van der Waals surface area contributed by atoms with Crippen LogP contribution in [0.25, 0.3) is 10.9 Å². The van der Waals surface area contributed by atoms with E-state index in [0.717, 1.165) is 42.7 Å². The van der Waals surface area contributed by atoms with Crippen LogP contribution in [0.2, 0.25) is 0 Å². The van der Waals surface area contributed by atoms with Crippen LogP contribution in [0.15, 0.2) is 42.6 Å². The van der Waals surface area contributed by atoms with Crippen molar-refractivity contribution >= 4 is 34.1 Å². The zero-order valence-electron chi connectivity index (χ0n) is 16.8. The average Bonchev–Trinajstić information content (AvgIpc) is 2.76. The summed E-state index contributed by atoms with van der Waals surface area (Å²) in [4.78, 5) is 20.7. The topological polar surface area (TPSA) is 105 Å². The van der Waals surface area contributed by atoms with Crippen molar-refractivity contribution < 1.29 is 9.18 Å². The van der Waals surface area contributed by atoms with Gasteiger partial charge in [0.05, 0.1) is 11.1 Å². The highest BCUT2D eigenvalue weighted by Crippen LogP contribution is 2.29. The van der Waals surface area contributed by atoms with Crippen molar-refractivity contribution in [3.63, 3.8) is 0 Å². The number of carbonyl (C=O) groups is 1. The van der Waals surface area contributed by atoms with Gasteiger partial charge >= 0.3 is 0 Å². The fourth-order valence-corrected chi connectivity index (χ4v) is 4.04. The fraction of sp³-hybridized carbons (Fsp3) is 0.318. The quantitative estimate of drug-likeness (QED) is 0.497. The molecular weight excluding hydrogens is 383 g/mol. The van der Waals surface area contributed by atoms with E-state index in [0.29, 0.717) is 5.69 Å². The molecule has 30 heavy (non-hydrogen) atoms. The molecule has 5 N–H and O–H groups in total. The van der Waals surface area contributed by atoms with Crippen LogP contribution in [0.5, 0.6) is 0 Å². The van der Waals surface area contributed by atoms with Gasteiger partial charge in [-0.05, 0) is 50.2 Å². The van der Waals surface area contributed by atoms with E-state index in [1.165, 1.54) is 0 Å². The maximum Gasteiger partial charge on any atom is 0.252 e. The molecule has 1 saturated carbocycles. The molecule has 0 saturated heterocycles. The standard InChI is InChI=1S/C22H25FN6O/c1-25-18-7-2-3-8-19(18)28-22-15(23)12-14(20(24)30)21(29-22)27-17-10-4-9-16-13(17)6-5-11-26-16/h4-6,9-12,18-19,25H,2-3,7-8H2,1H3,(H2,24,30)(H2,27,28,29)/t18-,19+/m0/s1. The molecule has 0 radical (unpaired) electrons. The Morgan fingerprint density at radius 2 is 1.93 bits per heavy atom. The van der Waals surface area contributed by atoms with Crippen LogP contribution in [0.4, 0.5) is 21.7 Å². The highest BCUT2D eigenvalue weighted by Gasteiger charge is 2.26. The van der Waals surface area contributed by atoms with Crippen LogP contribution < -0.4 is 21.7 Å². The number of anilines is 3. The van der Waals surface area contributed by atoms with E-state index in [1.54, 1.807) is 6.20 Å². The molecule has 1 fully saturated rings. The van der Waals surface area contributed by atoms with Gasteiger partial charge in [0.2, 0.25) is 0 Å². The first-order valence-corrected chi connectivity index (χ1v) is 10.1. The Labute approximate surface area is 174 Å². The van der Waals surface area contributed by atoms with Gasteiger partial charge in [-0.2, -0.15) is 0 Å². The van der Waals surface area contributed by atoms with E-state index in [9.17, 15) is 9.18 Å². The van der Waals surface area contributed by atoms with Crippen molar-refractivity contribution in [2.75, 3.05) is 17.7 Å². The summed E-state index contributed by atoms with van der Waals surface area (Å²) in [5.41, 5.74) is 6.99. The Balaban J connectivity index is 1.71. The Kier molecular flexibility index (Phi) is 5.76. The van der Waals surface area contributed by atoms with Crippen molar-refractivity contribution in [1.29, 1.82) is 0 Å². The minimum absolute atomic E-state index is 0.00671. The number of aromatic nitrogens is 2. The van der Waals surface area contributed by atoms with E-state index in [1.807, 2.05) is 37.4 Å². The minimum Gasteiger partial charge on any atom is -0.365 e. The Morgan fingerprint density at radius 1 is 1.13 bits per heavy atom. The molecule has 4 rings (SSSR count). The van der Waals surface area contributed by atoms with Gasteiger partial charge in [0.25, 0.3) is 5.91 Å². The third-order valence-electron chi connectivity index (χ3n) is 5.60. The number of carbonyl (C=O) groups excluding carboxylic acids is 1. The SMILES string of the molecule is CN[C@H]1CCCC[C@H]1Nc1nc(Nc2cccc3ncccc23)c(C(N)=O)cc1F. The van der Waals surface area contributed by atoms with Crippen LogP contribution in [0.1, 0.15) is 36.0 Å². The largest absolute Gasteiger partial charge is 0.365 e. The summed E-state index contributed by atoms with van der Waals surface area (Å²) < 4.78 is 14.8. The van der Waals surface area contributed by atoms with Gasteiger partial charge in [-0.1, -0.05) is 18.9 Å². The Bertz CT molecular complexity index is 1070. The molecule has 8 heteroatoms. The highest BCUT2D eigenvalue weighted by molar-refractivity contribution is 6.00.